The van der Waals surface area contributed by atoms with Crippen LogP contribution in [0.4, 0.5) is 0 Å². The number of hydrogen-bond acceptors (Lipinski definition) is 4. The molecule has 6 heteroatoms. The zero-order valence-electron chi connectivity index (χ0n) is 10.4. The molecule has 0 aromatic rings. The van der Waals surface area contributed by atoms with Gasteiger partial charge in [-0.1, -0.05) is 0 Å². The van der Waals surface area contributed by atoms with Gasteiger partial charge in [0.1, 0.15) is 0 Å². The maximum absolute atomic E-state index is 11.9. The molecule has 3 N–H and O–H groups in total. The Balaban J connectivity index is 2.76. The van der Waals surface area contributed by atoms with Crippen LogP contribution in [-0.4, -0.2) is 50.8 Å². The molecule has 0 spiro atoms. The van der Waals surface area contributed by atoms with Crippen molar-refractivity contribution in [2.24, 2.45) is 5.73 Å². The third-order valence-electron chi connectivity index (χ3n) is 3.31. The van der Waals surface area contributed by atoms with Crippen LogP contribution in [-0.2, 0) is 10.0 Å². The van der Waals surface area contributed by atoms with Crippen LogP contribution in [0.15, 0.2) is 0 Å². The van der Waals surface area contributed by atoms with Gasteiger partial charge in [0.15, 0.2) is 0 Å². The maximum atomic E-state index is 11.9. The van der Waals surface area contributed by atoms with Crippen molar-refractivity contribution in [1.29, 1.82) is 0 Å². The van der Waals surface area contributed by atoms with E-state index in [4.69, 9.17) is 5.73 Å². The van der Waals surface area contributed by atoms with Crippen LogP contribution in [0.2, 0.25) is 0 Å². The minimum Gasteiger partial charge on any atom is -0.329 e. The monoisotopic (exact) mass is 249 g/mol. The van der Waals surface area contributed by atoms with Gasteiger partial charge in [-0.05, 0) is 46.8 Å². The van der Waals surface area contributed by atoms with Gasteiger partial charge in [0, 0.05) is 12.1 Å². The average Bonchev–Trinajstić information content (AvgIpc) is 2.21. The van der Waals surface area contributed by atoms with Crippen molar-refractivity contribution >= 4 is 10.0 Å². The van der Waals surface area contributed by atoms with E-state index < -0.39 is 20.8 Å². The highest BCUT2D eigenvalue weighted by atomic mass is 32.2. The van der Waals surface area contributed by atoms with E-state index >= 15 is 0 Å². The van der Waals surface area contributed by atoms with Crippen LogP contribution >= 0.6 is 0 Å². The fourth-order valence-electron chi connectivity index (χ4n) is 1.81. The molecule has 5 nitrogen and oxygen atoms in total. The van der Waals surface area contributed by atoms with Gasteiger partial charge in [-0.25, -0.2) is 13.1 Å². The molecule has 0 aromatic heterocycles. The number of nitrogens with zero attached hydrogens (tertiary/aromatic N) is 1. The Bertz CT molecular complexity index is 319. The largest absolute Gasteiger partial charge is 0.329 e. The minimum atomic E-state index is -3.23. The number of rotatable bonds is 4. The Kier molecular flexibility index (Phi) is 4.34. The fourth-order valence-corrected chi connectivity index (χ4v) is 2.94. The Hall–Kier alpha value is -0.170. The molecule has 0 aliphatic carbocycles. The molecule has 0 amide bonds. The highest BCUT2D eigenvalue weighted by Crippen LogP contribution is 2.22. The zero-order chi connectivity index (χ0) is 12.4. The van der Waals surface area contributed by atoms with Gasteiger partial charge in [-0.3, -0.25) is 0 Å². The molecule has 1 aliphatic rings. The van der Waals surface area contributed by atoms with Crippen molar-refractivity contribution in [3.8, 4) is 0 Å². The molecule has 0 radical (unpaired) electrons. The first-order chi connectivity index (χ1) is 7.31. The molecule has 1 aliphatic heterocycles. The Labute approximate surface area is 98.4 Å². The highest BCUT2D eigenvalue weighted by Gasteiger charge is 2.36. The number of nitrogens with two attached hydrogens (primary N) is 1. The first-order valence-corrected chi connectivity index (χ1v) is 7.27. The molecule has 1 fully saturated rings. The summed E-state index contributed by atoms with van der Waals surface area (Å²) in [5.74, 6) is 0. The lowest BCUT2D eigenvalue weighted by atomic mass is 9.89. The molecule has 1 rings (SSSR count). The summed E-state index contributed by atoms with van der Waals surface area (Å²) in [5.41, 5.74) is 5.31. The van der Waals surface area contributed by atoms with Crippen molar-refractivity contribution in [2.75, 3.05) is 26.7 Å². The van der Waals surface area contributed by atoms with E-state index in [-0.39, 0.29) is 0 Å². The third-order valence-corrected chi connectivity index (χ3v) is 5.27. The van der Waals surface area contributed by atoms with Crippen LogP contribution < -0.4 is 10.5 Å². The molecule has 96 valence electrons. The summed E-state index contributed by atoms with van der Waals surface area (Å²) >= 11 is 0. The lowest BCUT2D eigenvalue weighted by Gasteiger charge is -2.40. The number of piperidine rings is 1. The Morgan fingerprint density at radius 1 is 1.38 bits per heavy atom. The second-order valence-electron chi connectivity index (χ2n) is 4.98. The predicted molar refractivity (Wildman–Crippen MR) is 65.7 cm³/mol. The first-order valence-electron chi connectivity index (χ1n) is 5.73. The van der Waals surface area contributed by atoms with Gasteiger partial charge in [0.05, 0.1) is 5.25 Å². The molecule has 0 unspecified atom stereocenters. The van der Waals surface area contributed by atoms with E-state index in [1.54, 1.807) is 13.8 Å². The summed E-state index contributed by atoms with van der Waals surface area (Å²) < 4.78 is 26.5. The summed E-state index contributed by atoms with van der Waals surface area (Å²) in [6.45, 7) is 5.51. The summed E-state index contributed by atoms with van der Waals surface area (Å²) in [6, 6.07) is 0. The van der Waals surface area contributed by atoms with Crippen molar-refractivity contribution in [3.05, 3.63) is 0 Å². The molecular weight excluding hydrogens is 226 g/mol. The van der Waals surface area contributed by atoms with Gasteiger partial charge >= 0.3 is 0 Å². The van der Waals surface area contributed by atoms with Gasteiger partial charge in [0.2, 0.25) is 10.0 Å². The smallest absolute Gasteiger partial charge is 0.214 e. The SMILES string of the molecule is CC(C)S(=O)(=O)NC1(CN)CCN(C)CC1. The summed E-state index contributed by atoms with van der Waals surface area (Å²) in [7, 11) is -1.20. The minimum absolute atomic E-state index is 0.368. The van der Waals surface area contributed by atoms with Gasteiger partial charge in [-0.15, -0.1) is 0 Å². The molecule has 1 heterocycles. The van der Waals surface area contributed by atoms with E-state index in [9.17, 15) is 8.42 Å². The number of likely N-dealkylation sites (tertiary alicyclic amines) is 1. The predicted octanol–water partition coefficient (Wildman–Crippen LogP) is -0.263. The molecule has 16 heavy (non-hydrogen) atoms. The zero-order valence-corrected chi connectivity index (χ0v) is 11.2. The molecule has 0 bridgehead atoms. The van der Waals surface area contributed by atoms with Crippen LogP contribution in [0.1, 0.15) is 26.7 Å². The van der Waals surface area contributed by atoms with Crippen LogP contribution in [0.5, 0.6) is 0 Å². The third kappa shape index (κ3) is 3.16. The van der Waals surface area contributed by atoms with E-state index in [0.29, 0.717) is 6.54 Å². The lowest BCUT2D eigenvalue weighted by molar-refractivity contribution is 0.182. The topological polar surface area (TPSA) is 75.4 Å². The van der Waals surface area contributed by atoms with E-state index in [2.05, 4.69) is 9.62 Å². The van der Waals surface area contributed by atoms with Crippen LogP contribution in [0.3, 0.4) is 0 Å². The molecule has 0 atom stereocenters. The van der Waals surface area contributed by atoms with E-state index in [0.717, 1.165) is 25.9 Å². The van der Waals surface area contributed by atoms with Crippen molar-refractivity contribution in [1.82, 2.24) is 9.62 Å². The highest BCUT2D eigenvalue weighted by molar-refractivity contribution is 7.90. The lowest BCUT2D eigenvalue weighted by Crippen LogP contribution is -2.59. The van der Waals surface area contributed by atoms with Crippen molar-refractivity contribution in [2.45, 2.75) is 37.5 Å². The van der Waals surface area contributed by atoms with Gasteiger partial charge in [-0.2, -0.15) is 0 Å². The molecule has 0 saturated carbocycles. The van der Waals surface area contributed by atoms with Gasteiger partial charge < -0.3 is 10.6 Å². The Morgan fingerprint density at radius 2 is 1.88 bits per heavy atom. The van der Waals surface area contributed by atoms with Gasteiger partial charge in [0.25, 0.3) is 0 Å². The van der Waals surface area contributed by atoms with Crippen molar-refractivity contribution < 1.29 is 8.42 Å². The van der Waals surface area contributed by atoms with E-state index in [1.807, 2.05) is 7.05 Å². The molecule has 0 aromatic carbocycles. The fraction of sp³-hybridized carbons (Fsp3) is 1.00. The molecule has 1 saturated heterocycles. The summed E-state index contributed by atoms with van der Waals surface area (Å²) in [4.78, 5) is 2.19. The number of nitrogens with one attached hydrogen (secondary N) is 1. The van der Waals surface area contributed by atoms with Crippen molar-refractivity contribution in [3.63, 3.8) is 0 Å². The Morgan fingerprint density at radius 3 is 2.25 bits per heavy atom. The summed E-state index contributed by atoms with van der Waals surface area (Å²) in [6.07, 6.45) is 1.57. The quantitative estimate of drug-likeness (QED) is 0.719. The van der Waals surface area contributed by atoms with Crippen LogP contribution in [0, 0.1) is 0 Å². The van der Waals surface area contributed by atoms with E-state index in [1.165, 1.54) is 0 Å². The normalized spacial score (nSPS) is 22.6. The maximum Gasteiger partial charge on any atom is 0.214 e. The second-order valence-corrected chi connectivity index (χ2v) is 7.22. The second kappa shape index (κ2) is 5.00. The first kappa shape index (κ1) is 13.9. The number of sulfonamides is 1. The molecular formula is C10H23N3O2S. The van der Waals surface area contributed by atoms with Crippen LogP contribution in [0.25, 0.3) is 0 Å². The summed E-state index contributed by atoms with van der Waals surface area (Å²) in [5, 5.41) is -0.407. The number of hydrogen-bond donors (Lipinski definition) is 2. The standard InChI is InChI=1S/C10H23N3O2S/c1-9(2)16(14,15)12-10(8-11)4-6-13(3)7-5-10/h9,12H,4-8,11H2,1-3H3. The average molecular weight is 249 g/mol.